The Hall–Kier alpha value is -4.40. The fraction of sp³-hybridized carbons (Fsp3) is 0.286. The summed E-state index contributed by atoms with van der Waals surface area (Å²) in [6, 6.07) is 13.8. The molecule has 190 valence electrons. The van der Waals surface area contributed by atoms with Crippen molar-refractivity contribution in [2.45, 2.75) is 18.9 Å². The Balaban J connectivity index is 1.51. The van der Waals surface area contributed by atoms with Crippen LogP contribution in [0.2, 0.25) is 0 Å². The van der Waals surface area contributed by atoms with Crippen molar-refractivity contribution in [3.8, 4) is 28.7 Å². The number of cyclic esters (lactones) is 1. The minimum atomic E-state index is -0.574. The van der Waals surface area contributed by atoms with Crippen molar-refractivity contribution >= 4 is 17.4 Å². The number of esters is 1. The number of methoxy groups -OCH3 is 1. The van der Waals surface area contributed by atoms with E-state index < -0.39 is 11.8 Å². The highest BCUT2D eigenvalue weighted by Gasteiger charge is 2.52. The maximum absolute atomic E-state index is 13.2. The van der Waals surface area contributed by atoms with Crippen LogP contribution in [0.3, 0.4) is 0 Å². The maximum atomic E-state index is 13.2. The number of hydrogen-bond donors (Lipinski definition) is 3. The Morgan fingerprint density at radius 2 is 1.70 bits per heavy atom. The van der Waals surface area contributed by atoms with Gasteiger partial charge in [-0.2, -0.15) is 0 Å². The molecule has 3 aromatic rings. The quantitative estimate of drug-likeness (QED) is 0.268. The summed E-state index contributed by atoms with van der Waals surface area (Å²) in [5.74, 6) is -1.13. The van der Waals surface area contributed by atoms with Crippen molar-refractivity contribution < 1.29 is 38.7 Å². The second-order valence-electron chi connectivity index (χ2n) is 9.48. The van der Waals surface area contributed by atoms with Gasteiger partial charge in [0.05, 0.1) is 25.7 Å². The van der Waals surface area contributed by atoms with Crippen LogP contribution in [-0.2, 0) is 9.53 Å². The van der Waals surface area contributed by atoms with Crippen LogP contribution >= 0.6 is 0 Å². The first-order valence-corrected chi connectivity index (χ1v) is 11.9. The molecular formula is C28H25NO8. The highest BCUT2D eigenvalue weighted by molar-refractivity contribution is 5.94. The van der Waals surface area contributed by atoms with E-state index in [0.717, 1.165) is 16.8 Å². The predicted molar refractivity (Wildman–Crippen MR) is 131 cm³/mol. The molecule has 3 aromatic carbocycles. The van der Waals surface area contributed by atoms with Crippen molar-refractivity contribution in [3.05, 3.63) is 70.8 Å². The number of phenols is 2. The van der Waals surface area contributed by atoms with Crippen LogP contribution in [-0.4, -0.2) is 42.5 Å². The van der Waals surface area contributed by atoms with E-state index in [4.69, 9.17) is 18.9 Å². The molecule has 1 fully saturated rings. The van der Waals surface area contributed by atoms with Gasteiger partial charge in [0.15, 0.2) is 28.8 Å². The van der Waals surface area contributed by atoms with Gasteiger partial charge in [-0.25, -0.2) is 0 Å². The molecule has 9 nitrogen and oxygen atoms in total. The highest BCUT2D eigenvalue weighted by atomic mass is 16.7. The molecule has 1 saturated heterocycles. The largest absolute Gasteiger partial charge is 0.504 e. The van der Waals surface area contributed by atoms with Crippen LogP contribution in [0.25, 0.3) is 0 Å². The van der Waals surface area contributed by atoms with Crippen molar-refractivity contribution in [2.24, 2.45) is 11.8 Å². The van der Waals surface area contributed by atoms with Crippen LogP contribution in [0.1, 0.15) is 45.9 Å². The number of fused-ring (bicyclic) bond motifs is 3. The number of anilines is 1. The summed E-state index contributed by atoms with van der Waals surface area (Å²) in [5.41, 5.74) is 3.71. The molecule has 9 heteroatoms. The number of carbonyl (C=O) groups excluding carboxylic acids is 2. The monoisotopic (exact) mass is 503 g/mol. The number of phenolic OH excluding ortho intramolecular Hbond substituents is 2. The van der Waals surface area contributed by atoms with E-state index in [0.29, 0.717) is 22.6 Å². The minimum absolute atomic E-state index is 0.0208. The molecule has 6 rings (SSSR count). The number of ketones is 1. The fourth-order valence-electron chi connectivity index (χ4n) is 5.68. The molecule has 1 aliphatic carbocycles. The zero-order valence-corrected chi connectivity index (χ0v) is 20.2. The Morgan fingerprint density at radius 3 is 2.38 bits per heavy atom. The molecule has 3 N–H and O–H groups in total. The third kappa shape index (κ3) is 3.69. The van der Waals surface area contributed by atoms with E-state index in [-0.39, 0.29) is 54.4 Å². The lowest BCUT2D eigenvalue weighted by Crippen LogP contribution is -2.37. The van der Waals surface area contributed by atoms with Crippen LogP contribution in [0.5, 0.6) is 28.7 Å². The lowest BCUT2D eigenvalue weighted by Gasteiger charge is -2.40. The number of ether oxygens (including phenoxy) is 4. The Kier molecular flexibility index (Phi) is 5.36. The second kappa shape index (κ2) is 8.62. The first kappa shape index (κ1) is 23.0. The van der Waals surface area contributed by atoms with Gasteiger partial charge >= 0.3 is 5.97 Å². The summed E-state index contributed by atoms with van der Waals surface area (Å²) in [4.78, 5) is 24.9. The molecule has 2 aliphatic heterocycles. The molecule has 0 spiro atoms. The van der Waals surface area contributed by atoms with Gasteiger partial charge < -0.3 is 34.5 Å². The normalized spacial score (nSPS) is 23.1. The van der Waals surface area contributed by atoms with E-state index in [1.165, 1.54) is 20.1 Å². The van der Waals surface area contributed by atoms with Crippen molar-refractivity contribution in [3.63, 3.8) is 0 Å². The van der Waals surface area contributed by atoms with E-state index in [1.807, 2.05) is 24.3 Å². The van der Waals surface area contributed by atoms with Crippen molar-refractivity contribution in [1.29, 1.82) is 0 Å². The van der Waals surface area contributed by atoms with E-state index in [9.17, 15) is 19.8 Å². The SMILES string of the molecule is COc1cc([C@@H]2c3cc4c(cc3[C@H](Nc3ccc(C(C)=O)cc3)[C@H]3COC(=O)[C@H]23)OCO4)cc(O)c1O. The van der Waals surface area contributed by atoms with Crippen molar-refractivity contribution in [2.75, 3.05) is 25.8 Å². The maximum Gasteiger partial charge on any atom is 0.310 e. The molecular weight excluding hydrogens is 478 g/mol. The average molecular weight is 504 g/mol. The zero-order valence-electron chi connectivity index (χ0n) is 20.2. The Morgan fingerprint density at radius 1 is 1.00 bits per heavy atom. The Labute approximate surface area is 212 Å². The summed E-state index contributed by atoms with van der Waals surface area (Å²) < 4.78 is 22.2. The van der Waals surface area contributed by atoms with Gasteiger partial charge in [0.25, 0.3) is 0 Å². The molecule has 0 aromatic heterocycles. The third-order valence-electron chi connectivity index (χ3n) is 7.46. The summed E-state index contributed by atoms with van der Waals surface area (Å²) >= 11 is 0. The van der Waals surface area contributed by atoms with Crippen LogP contribution < -0.4 is 19.5 Å². The molecule has 0 radical (unpaired) electrons. The average Bonchev–Trinajstić information content (AvgIpc) is 3.51. The number of carbonyl (C=O) groups is 2. The zero-order chi connectivity index (χ0) is 25.8. The number of Topliss-reactive ketones (excluding diaryl/α,β-unsaturated/α-hetero) is 1. The Bertz CT molecular complexity index is 1420. The molecule has 2 heterocycles. The molecule has 4 atom stereocenters. The summed E-state index contributed by atoms with van der Waals surface area (Å²) in [7, 11) is 1.40. The molecule has 0 bridgehead atoms. The standard InChI is InChI=1S/C28H25NO8/c1-13(30)14-3-5-16(6-4-14)29-26-18-10-22-21(36-12-37-22)9-17(18)24(25-19(26)11-35-28(25)33)15-7-20(31)27(32)23(8-15)34-2/h3-10,19,24-26,29,31-32H,11-12H2,1-2H3/t19-,24+,25-,26-/m0/s1. The number of nitrogens with one attached hydrogen (secondary N) is 1. The first-order valence-electron chi connectivity index (χ1n) is 11.9. The van der Waals surface area contributed by atoms with E-state index in [1.54, 1.807) is 18.2 Å². The van der Waals surface area contributed by atoms with Gasteiger partial charge in [0.2, 0.25) is 12.5 Å². The van der Waals surface area contributed by atoms with Gasteiger partial charge in [-0.15, -0.1) is 0 Å². The summed E-state index contributed by atoms with van der Waals surface area (Å²) in [6.45, 7) is 1.82. The fourth-order valence-corrected chi connectivity index (χ4v) is 5.68. The summed E-state index contributed by atoms with van der Waals surface area (Å²) in [5, 5.41) is 24.2. The second-order valence-corrected chi connectivity index (χ2v) is 9.48. The lowest BCUT2D eigenvalue weighted by molar-refractivity contribution is -0.141. The third-order valence-corrected chi connectivity index (χ3v) is 7.46. The van der Waals surface area contributed by atoms with E-state index in [2.05, 4.69) is 5.32 Å². The van der Waals surface area contributed by atoms with Gasteiger partial charge in [0, 0.05) is 23.1 Å². The van der Waals surface area contributed by atoms with Gasteiger partial charge in [-0.05, 0) is 72.1 Å². The molecule has 37 heavy (non-hydrogen) atoms. The number of aromatic hydroxyl groups is 2. The lowest BCUT2D eigenvalue weighted by atomic mass is 9.65. The van der Waals surface area contributed by atoms with Gasteiger partial charge in [-0.1, -0.05) is 0 Å². The van der Waals surface area contributed by atoms with Crippen LogP contribution in [0.15, 0.2) is 48.5 Å². The number of hydrogen-bond acceptors (Lipinski definition) is 9. The predicted octanol–water partition coefficient (Wildman–Crippen LogP) is 4.13. The smallest absolute Gasteiger partial charge is 0.310 e. The van der Waals surface area contributed by atoms with Crippen LogP contribution in [0, 0.1) is 11.8 Å². The number of rotatable bonds is 5. The summed E-state index contributed by atoms with van der Waals surface area (Å²) in [6.07, 6.45) is 0. The van der Waals surface area contributed by atoms with Crippen molar-refractivity contribution in [1.82, 2.24) is 0 Å². The van der Waals surface area contributed by atoms with Gasteiger partial charge in [0.1, 0.15) is 0 Å². The topological polar surface area (TPSA) is 124 Å². The molecule has 3 aliphatic rings. The molecule has 0 unspecified atom stereocenters. The van der Waals surface area contributed by atoms with Gasteiger partial charge in [-0.3, -0.25) is 9.59 Å². The van der Waals surface area contributed by atoms with Crippen LogP contribution in [0.4, 0.5) is 5.69 Å². The number of benzene rings is 3. The van der Waals surface area contributed by atoms with E-state index >= 15 is 0 Å². The highest BCUT2D eigenvalue weighted by Crippen LogP contribution is 2.56. The first-order chi connectivity index (χ1) is 17.9. The molecule has 0 saturated carbocycles. The minimum Gasteiger partial charge on any atom is -0.504 e. The molecule has 0 amide bonds.